The van der Waals surface area contributed by atoms with Crippen molar-refractivity contribution in [2.45, 2.75) is 57.6 Å². The predicted molar refractivity (Wildman–Crippen MR) is 115 cm³/mol. The van der Waals surface area contributed by atoms with E-state index in [1.165, 1.54) is 24.1 Å². The summed E-state index contributed by atoms with van der Waals surface area (Å²) in [5, 5.41) is 10.7. The van der Waals surface area contributed by atoms with Gasteiger partial charge in [-0.1, -0.05) is 12.2 Å². The molecule has 30 heavy (non-hydrogen) atoms. The van der Waals surface area contributed by atoms with Gasteiger partial charge in [-0.05, 0) is 65.6 Å². The Morgan fingerprint density at radius 2 is 1.53 bits per heavy atom. The molecule has 9 nitrogen and oxygen atoms in total. The van der Waals surface area contributed by atoms with Crippen LogP contribution in [0.1, 0.15) is 41.5 Å². The maximum Gasteiger partial charge on any atom is 0.420 e. The van der Waals surface area contributed by atoms with Crippen molar-refractivity contribution in [2.24, 2.45) is 0 Å². The fourth-order valence-electron chi connectivity index (χ4n) is 1.93. The van der Waals surface area contributed by atoms with Crippen LogP contribution in [-0.4, -0.2) is 46.3 Å². The number of nitrogens with zero attached hydrogens (tertiary/aromatic N) is 2. The van der Waals surface area contributed by atoms with Crippen molar-refractivity contribution in [3.8, 4) is 0 Å². The molecule has 10 heteroatoms. The summed E-state index contributed by atoms with van der Waals surface area (Å²) in [6.07, 6.45) is 1.83. The van der Waals surface area contributed by atoms with Crippen LogP contribution < -0.4 is 4.72 Å². The van der Waals surface area contributed by atoms with Crippen LogP contribution in [0, 0.1) is 10.1 Å². The van der Waals surface area contributed by atoms with Gasteiger partial charge in [-0.2, -0.15) is 0 Å². The summed E-state index contributed by atoms with van der Waals surface area (Å²) in [7, 11) is 0. The molecule has 0 saturated heterocycles. The van der Waals surface area contributed by atoms with E-state index in [2.05, 4.69) is 4.72 Å². The van der Waals surface area contributed by atoms with Crippen molar-refractivity contribution in [1.29, 1.82) is 0 Å². The smallest absolute Gasteiger partial charge is 0.420 e. The summed E-state index contributed by atoms with van der Waals surface area (Å²) >= 11 is 1.31. The van der Waals surface area contributed by atoms with Crippen LogP contribution >= 0.6 is 11.9 Å². The molecule has 1 aromatic carbocycles. The molecule has 166 valence electrons. The number of benzene rings is 1. The Balaban J connectivity index is 2.60. The van der Waals surface area contributed by atoms with Crippen molar-refractivity contribution in [3.63, 3.8) is 0 Å². The molecule has 0 fully saturated rings. The molecule has 0 aromatic heterocycles. The SMILES string of the molecule is CC(C)(C)OC(=O)N(C/C=C/CNSc1ccc([N+](=O)[O-])cc1)C(=O)OC(C)(C)C. The Morgan fingerprint density at radius 3 is 1.97 bits per heavy atom. The molecule has 1 N–H and O–H groups in total. The summed E-state index contributed by atoms with van der Waals surface area (Å²) in [6, 6.07) is 6.15. The number of non-ortho nitro benzene ring substituents is 1. The number of amides is 2. The standard InChI is InChI=1S/C20H29N3O6S/c1-19(2,3)28-17(24)22(18(25)29-20(4,5)6)14-8-7-13-21-30-16-11-9-15(10-12-16)23(26)27/h7-12,21H,13-14H2,1-6H3/b8-7+. The topological polar surface area (TPSA) is 111 Å². The van der Waals surface area contributed by atoms with E-state index in [1.54, 1.807) is 65.8 Å². The van der Waals surface area contributed by atoms with Gasteiger partial charge >= 0.3 is 12.2 Å². The molecule has 2 amide bonds. The maximum atomic E-state index is 12.4. The third kappa shape index (κ3) is 10.3. The van der Waals surface area contributed by atoms with Crippen molar-refractivity contribution in [2.75, 3.05) is 13.1 Å². The van der Waals surface area contributed by atoms with Crippen LogP contribution in [0.4, 0.5) is 15.3 Å². The molecule has 0 heterocycles. The lowest BCUT2D eigenvalue weighted by atomic mass is 10.2. The van der Waals surface area contributed by atoms with Gasteiger partial charge in [-0.25, -0.2) is 14.5 Å². The van der Waals surface area contributed by atoms with Gasteiger partial charge in [-0.15, -0.1) is 0 Å². The predicted octanol–water partition coefficient (Wildman–Crippen LogP) is 4.92. The monoisotopic (exact) mass is 439 g/mol. The minimum Gasteiger partial charge on any atom is -0.443 e. The zero-order valence-electron chi connectivity index (χ0n) is 18.1. The first-order valence-electron chi connectivity index (χ1n) is 9.31. The first-order chi connectivity index (χ1) is 13.8. The number of rotatable bonds is 7. The van der Waals surface area contributed by atoms with Crippen molar-refractivity contribution in [1.82, 2.24) is 9.62 Å². The minimum atomic E-state index is -0.783. The van der Waals surface area contributed by atoms with Gasteiger partial charge in [0, 0.05) is 23.6 Å². The highest BCUT2D eigenvalue weighted by molar-refractivity contribution is 7.97. The van der Waals surface area contributed by atoms with E-state index in [0.29, 0.717) is 6.54 Å². The summed E-state index contributed by atoms with van der Waals surface area (Å²) in [5.74, 6) is 0. The number of nitro groups is 1. The number of ether oxygens (including phenoxy) is 2. The van der Waals surface area contributed by atoms with E-state index in [4.69, 9.17) is 9.47 Å². The molecular weight excluding hydrogens is 410 g/mol. The summed E-state index contributed by atoms with van der Waals surface area (Å²) in [6.45, 7) is 10.7. The van der Waals surface area contributed by atoms with Gasteiger partial charge in [0.05, 0.1) is 11.5 Å². The van der Waals surface area contributed by atoms with E-state index in [9.17, 15) is 19.7 Å². The van der Waals surface area contributed by atoms with E-state index in [0.717, 1.165) is 9.80 Å². The molecule has 0 spiro atoms. The van der Waals surface area contributed by atoms with Crippen LogP contribution in [0.3, 0.4) is 0 Å². The fraction of sp³-hybridized carbons (Fsp3) is 0.500. The van der Waals surface area contributed by atoms with Gasteiger partial charge < -0.3 is 9.47 Å². The molecule has 0 aliphatic heterocycles. The lowest BCUT2D eigenvalue weighted by Gasteiger charge is -2.28. The van der Waals surface area contributed by atoms with Crippen molar-refractivity contribution < 1.29 is 24.0 Å². The van der Waals surface area contributed by atoms with Crippen molar-refractivity contribution >= 4 is 29.8 Å². The highest BCUT2D eigenvalue weighted by Crippen LogP contribution is 2.19. The van der Waals surface area contributed by atoms with Crippen LogP contribution in [0.15, 0.2) is 41.3 Å². The third-order valence-corrected chi connectivity index (χ3v) is 3.94. The largest absolute Gasteiger partial charge is 0.443 e. The number of imide groups is 1. The van der Waals surface area contributed by atoms with Crippen LogP contribution in [0.5, 0.6) is 0 Å². The average molecular weight is 440 g/mol. The van der Waals surface area contributed by atoms with Gasteiger partial charge in [0.15, 0.2) is 0 Å². The zero-order chi connectivity index (χ0) is 22.9. The van der Waals surface area contributed by atoms with Gasteiger partial charge in [0.25, 0.3) is 5.69 Å². The molecule has 0 radical (unpaired) electrons. The molecule has 0 saturated carbocycles. The van der Waals surface area contributed by atoms with E-state index < -0.39 is 28.3 Å². The molecule has 0 aliphatic rings. The molecule has 0 bridgehead atoms. The second-order valence-electron chi connectivity index (χ2n) is 8.24. The second kappa shape index (κ2) is 11.0. The molecular formula is C20H29N3O6S. The van der Waals surface area contributed by atoms with E-state index in [1.807, 2.05) is 0 Å². The Kier molecular flexibility index (Phi) is 9.31. The van der Waals surface area contributed by atoms with Gasteiger partial charge in [0.1, 0.15) is 11.2 Å². The van der Waals surface area contributed by atoms with E-state index in [-0.39, 0.29) is 12.2 Å². The number of hydrogen-bond acceptors (Lipinski definition) is 8. The Bertz CT molecular complexity index is 738. The Labute approximate surface area is 181 Å². The number of nitro benzene ring substituents is 1. The maximum absolute atomic E-state index is 12.4. The molecule has 1 rings (SSSR count). The zero-order valence-corrected chi connectivity index (χ0v) is 18.9. The minimum absolute atomic E-state index is 0.00625. The number of hydrogen-bond donors (Lipinski definition) is 1. The quantitative estimate of drug-likeness (QED) is 0.209. The van der Waals surface area contributed by atoms with Crippen LogP contribution in [-0.2, 0) is 9.47 Å². The van der Waals surface area contributed by atoms with Crippen LogP contribution in [0.25, 0.3) is 0 Å². The van der Waals surface area contributed by atoms with E-state index >= 15 is 0 Å². The Hall–Kier alpha value is -2.59. The summed E-state index contributed by atoms with van der Waals surface area (Å²) < 4.78 is 13.6. The number of carbonyl (C=O) groups excluding carboxylic acids is 2. The molecule has 0 aliphatic carbocycles. The molecule has 0 unspecified atom stereocenters. The fourth-order valence-corrected chi connectivity index (χ4v) is 2.55. The average Bonchev–Trinajstić information content (AvgIpc) is 2.58. The van der Waals surface area contributed by atoms with Crippen molar-refractivity contribution in [3.05, 3.63) is 46.5 Å². The summed E-state index contributed by atoms with van der Waals surface area (Å²) in [5.41, 5.74) is -1.46. The lowest BCUT2D eigenvalue weighted by Crippen LogP contribution is -2.43. The number of nitrogens with one attached hydrogen (secondary N) is 1. The second-order valence-corrected chi connectivity index (χ2v) is 9.21. The summed E-state index contributed by atoms with van der Waals surface area (Å²) in [4.78, 5) is 36.7. The normalized spacial score (nSPS) is 11.9. The molecule has 1 aromatic rings. The highest BCUT2D eigenvalue weighted by atomic mass is 32.2. The molecule has 0 atom stereocenters. The first-order valence-corrected chi connectivity index (χ1v) is 10.1. The number of carbonyl (C=O) groups is 2. The highest BCUT2D eigenvalue weighted by Gasteiger charge is 2.30. The van der Waals surface area contributed by atoms with Gasteiger partial charge in [-0.3, -0.25) is 14.8 Å². The Morgan fingerprint density at radius 1 is 1.03 bits per heavy atom. The third-order valence-electron chi connectivity index (χ3n) is 3.12. The van der Waals surface area contributed by atoms with Crippen LogP contribution in [0.2, 0.25) is 0 Å². The lowest BCUT2D eigenvalue weighted by molar-refractivity contribution is -0.384. The first kappa shape index (κ1) is 25.4. The van der Waals surface area contributed by atoms with Gasteiger partial charge in [0.2, 0.25) is 0 Å².